The van der Waals surface area contributed by atoms with Crippen LogP contribution < -0.4 is 0 Å². The van der Waals surface area contributed by atoms with Gasteiger partial charge in [0.05, 0.1) is 0 Å². The molecular formula is C6H5IN4. The number of hydrogen-bond acceptors (Lipinski definition) is 3. The maximum atomic E-state index is 4.24. The number of aromatic nitrogens is 4. The van der Waals surface area contributed by atoms with Crippen molar-refractivity contribution in [3.8, 4) is 0 Å². The molecule has 0 amide bonds. The Bertz CT molecular complexity index is 394. The summed E-state index contributed by atoms with van der Waals surface area (Å²) in [7, 11) is 0. The predicted molar refractivity (Wildman–Crippen MR) is 49.1 cm³/mol. The van der Waals surface area contributed by atoms with Gasteiger partial charge in [0.25, 0.3) is 0 Å². The molecule has 2 rings (SSSR count). The van der Waals surface area contributed by atoms with Crippen LogP contribution in [0.2, 0.25) is 0 Å². The molecule has 0 saturated carbocycles. The normalized spacial score (nSPS) is 10.7. The van der Waals surface area contributed by atoms with Gasteiger partial charge in [0.15, 0.2) is 0 Å². The van der Waals surface area contributed by atoms with Crippen molar-refractivity contribution in [3.63, 3.8) is 0 Å². The lowest BCUT2D eigenvalue weighted by molar-refractivity contribution is 0.958. The molecule has 0 aliphatic rings. The van der Waals surface area contributed by atoms with E-state index in [1.54, 1.807) is 0 Å². The highest BCUT2D eigenvalue weighted by molar-refractivity contribution is 14.1. The van der Waals surface area contributed by atoms with E-state index in [0.29, 0.717) is 0 Å². The summed E-state index contributed by atoms with van der Waals surface area (Å²) in [6, 6.07) is 1.90. The third kappa shape index (κ3) is 1.09. The Kier molecular flexibility index (Phi) is 1.52. The van der Waals surface area contributed by atoms with E-state index in [1.807, 2.05) is 13.0 Å². The van der Waals surface area contributed by atoms with Gasteiger partial charge >= 0.3 is 0 Å². The molecule has 0 atom stereocenters. The number of nitrogens with zero attached hydrogens (tertiary/aromatic N) is 3. The number of aromatic amines is 1. The van der Waals surface area contributed by atoms with E-state index < -0.39 is 0 Å². The molecule has 4 nitrogen and oxygen atoms in total. The second kappa shape index (κ2) is 2.40. The molecule has 1 N–H and O–H groups in total. The standard InChI is InChI=1S/C6H5IN4/c1-3-2-4-5(6(7)8-3)10-11-9-4/h2H,1H3,(H,9,10,11). The van der Waals surface area contributed by atoms with Crippen molar-refractivity contribution in [1.29, 1.82) is 0 Å². The molecule has 56 valence electrons. The van der Waals surface area contributed by atoms with Gasteiger partial charge in [0.2, 0.25) is 0 Å². The largest absolute Gasteiger partial charge is 0.245 e. The van der Waals surface area contributed by atoms with Gasteiger partial charge in [-0.25, -0.2) is 4.98 Å². The zero-order valence-electron chi connectivity index (χ0n) is 5.80. The number of pyridine rings is 1. The van der Waals surface area contributed by atoms with Crippen LogP contribution in [0.3, 0.4) is 0 Å². The summed E-state index contributed by atoms with van der Waals surface area (Å²) in [6.45, 7) is 1.94. The van der Waals surface area contributed by atoms with Gasteiger partial charge in [-0.15, -0.1) is 0 Å². The topological polar surface area (TPSA) is 54.5 Å². The van der Waals surface area contributed by atoms with Crippen molar-refractivity contribution in [1.82, 2.24) is 20.4 Å². The molecule has 0 spiro atoms. The van der Waals surface area contributed by atoms with E-state index in [0.717, 1.165) is 20.4 Å². The Morgan fingerprint density at radius 1 is 1.45 bits per heavy atom. The van der Waals surface area contributed by atoms with E-state index >= 15 is 0 Å². The lowest BCUT2D eigenvalue weighted by Gasteiger charge is -1.92. The van der Waals surface area contributed by atoms with Crippen molar-refractivity contribution < 1.29 is 0 Å². The highest BCUT2D eigenvalue weighted by Crippen LogP contribution is 2.14. The fourth-order valence-electron chi connectivity index (χ4n) is 0.929. The molecule has 0 saturated heterocycles. The van der Waals surface area contributed by atoms with E-state index in [-0.39, 0.29) is 0 Å². The van der Waals surface area contributed by atoms with Gasteiger partial charge < -0.3 is 0 Å². The molecule has 11 heavy (non-hydrogen) atoms. The molecule has 2 heterocycles. The number of nitrogens with one attached hydrogen (secondary N) is 1. The summed E-state index contributed by atoms with van der Waals surface area (Å²) in [6.07, 6.45) is 0. The molecule has 0 aliphatic heterocycles. The molecule has 0 unspecified atom stereocenters. The van der Waals surface area contributed by atoms with Crippen LogP contribution in [0.5, 0.6) is 0 Å². The SMILES string of the molecule is Cc1cc2n[nH]nc2c(I)n1. The molecular weight excluding hydrogens is 255 g/mol. The Morgan fingerprint density at radius 2 is 2.27 bits per heavy atom. The van der Waals surface area contributed by atoms with E-state index in [1.165, 1.54) is 0 Å². The Morgan fingerprint density at radius 3 is 3.09 bits per heavy atom. The summed E-state index contributed by atoms with van der Waals surface area (Å²) in [5.41, 5.74) is 2.69. The van der Waals surface area contributed by atoms with Gasteiger partial charge in [0.1, 0.15) is 14.7 Å². The van der Waals surface area contributed by atoms with Crippen LogP contribution in [0.25, 0.3) is 11.0 Å². The molecule has 0 aromatic carbocycles. The fourth-order valence-corrected chi connectivity index (χ4v) is 1.71. The Hall–Kier alpha value is -0.720. The maximum absolute atomic E-state index is 4.24. The number of rotatable bonds is 0. The van der Waals surface area contributed by atoms with E-state index in [4.69, 9.17) is 0 Å². The molecule has 0 aliphatic carbocycles. The van der Waals surface area contributed by atoms with E-state index in [2.05, 4.69) is 43.0 Å². The maximum Gasteiger partial charge on any atom is 0.144 e. The first kappa shape index (κ1) is 6.96. The molecule has 2 aromatic heterocycles. The summed E-state index contributed by atoms with van der Waals surface area (Å²) >= 11 is 2.15. The zero-order chi connectivity index (χ0) is 7.84. The minimum atomic E-state index is 0.844. The average Bonchev–Trinajstić information content (AvgIpc) is 2.34. The van der Waals surface area contributed by atoms with E-state index in [9.17, 15) is 0 Å². The van der Waals surface area contributed by atoms with Crippen LogP contribution in [-0.4, -0.2) is 20.4 Å². The monoisotopic (exact) mass is 260 g/mol. The van der Waals surface area contributed by atoms with Crippen molar-refractivity contribution in [2.24, 2.45) is 0 Å². The summed E-state index contributed by atoms with van der Waals surface area (Å²) in [4.78, 5) is 4.24. The molecule has 0 fully saturated rings. The third-order valence-corrected chi connectivity index (χ3v) is 2.14. The Labute approximate surface area is 76.5 Å². The first-order valence-electron chi connectivity index (χ1n) is 3.11. The van der Waals surface area contributed by atoms with Crippen LogP contribution in [0.15, 0.2) is 6.07 Å². The molecule has 5 heteroatoms. The molecule has 0 bridgehead atoms. The average molecular weight is 260 g/mol. The quantitative estimate of drug-likeness (QED) is 0.573. The van der Waals surface area contributed by atoms with Gasteiger partial charge in [0, 0.05) is 5.69 Å². The van der Waals surface area contributed by atoms with Crippen LogP contribution in [0.1, 0.15) is 5.69 Å². The number of H-pyrrole nitrogens is 1. The number of fused-ring (bicyclic) bond motifs is 1. The summed E-state index contributed by atoms with van der Waals surface area (Å²) in [5.74, 6) is 0. The van der Waals surface area contributed by atoms with Crippen molar-refractivity contribution in [3.05, 3.63) is 15.5 Å². The minimum absolute atomic E-state index is 0.844. The first-order chi connectivity index (χ1) is 5.27. The fraction of sp³-hybridized carbons (Fsp3) is 0.167. The van der Waals surface area contributed by atoms with Crippen LogP contribution >= 0.6 is 22.6 Å². The smallest absolute Gasteiger partial charge is 0.144 e. The zero-order valence-corrected chi connectivity index (χ0v) is 7.95. The van der Waals surface area contributed by atoms with Crippen LogP contribution in [-0.2, 0) is 0 Å². The summed E-state index contributed by atoms with van der Waals surface area (Å²) in [5, 5.41) is 10.5. The van der Waals surface area contributed by atoms with Gasteiger partial charge in [-0.3, -0.25) is 0 Å². The summed E-state index contributed by atoms with van der Waals surface area (Å²) < 4.78 is 0.895. The molecule has 2 aromatic rings. The van der Waals surface area contributed by atoms with Gasteiger partial charge in [-0.1, -0.05) is 0 Å². The van der Waals surface area contributed by atoms with Crippen LogP contribution in [0.4, 0.5) is 0 Å². The second-order valence-corrected chi connectivity index (χ2v) is 3.27. The minimum Gasteiger partial charge on any atom is -0.245 e. The number of hydrogen-bond donors (Lipinski definition) is 1. The first-order valence-corrected chi connectivity index (χ1v) is 4.19. The number of aryl methyl sites for hydroxylation is 1. The van der Waals surface area contributed by atoms with Gasteiger partial charge in [-0.2, -0.15) is 15.4 Å². The third-order valence-electron chi connectivity index (χ3n) is 1.39. The second-order valence-electron chi connectivity index (χ2n) is 2.25. The lowest BCUT2D eigenvalue weighted by atomic mass is 10.3. The highest BCUT2D eigenvalue weighted by Gasteiger charge is 2.03. The van der Waals surface area contributed by atoms with Gasteiger partial charge in [-0.05, 0) is 35.6 Å². The van der Waals surface area contributed by atoms with Crippen molar-refractivity contribution in [2.45, 2.75) is 6.92 Å². The van der Waals surface area contributed by atoms with Crippen molar-refractivity contribution in [2.75, 3.05) is 0 Å². The number of halogens is 1. The highest BCUT2D eigenvalue weighted by atomic mass is 127. The van der Waals surface area contributed by atoms with Crippen LogP contribution in [0, 0.1) is 10.6 Å². The lowest BCUT2D eigenvalue weighted by Crippen LogP contribution is -1.86. The molecule has 0 radical (unpaired) electrons. The predicted octanol–water partition coefficient (Wildman–Crippen LogP) is 1.27. The van der Waals surface area contributed by atoms with Crippen molar-refractivity contribution >= 4 is 33.6 Å². The Balaban J connectivity index is 2.91.